The fourth-order valence-electron chi connectivity index (χ4n) is 4.48. The van der Waals surface area contributed by atoms with Crippen molar-refractivity contribution in [1.82, 2.24) is 4.90 Å². The third kappa shape index (κ3) is 1.51. The molecule has 4 aliphatic rings. The zero-order valence-electron chi connectivity index (χ0n) is 11.9. The molecule has 0 bridgehead atoms. The van der Waals surface area contributed by atoms with E-state index in [0.29, 0.717) is 0 Å². The van der Waals surface area contributed by atoms with Crippen molar-refractivity contribution in [3.63, 3.8) is 0 Å². The summed E-state index contributed by atoms with van der Waals surface area (Å²) >= 11 is 0. The van der Waals surface area contributed by atoms with Gasteiger partial charge in [-0.15, -0.1) is 0 Å². The summed E-state index contributed by atoms with van der Waals surface area (Å²) in [6, 6.07) is 3.53. The van der Waals surface area contributed by atoms with Crippen molar-refractivity contribution in [3.05, 3.63) is 39.8 Å². The first-order valence-corrected chi connectivity index (χ1v) is 7.64. The molecule has 1 aliphatic carbocycles. The van der Waals surface area contributed by atoms with Crippen LogP contribution in [0.1, 0.15) is 23.5 Å². The third-order valence-corrected chi connectivity index (χ3v) is 5.39. The van der Waals surface area contributed by atoms with Gasteiger partial charge in [-0.05, 0) is 29.7 Å². The van der Waals surface area contributed by atoms with Crippen LogP contribution >= 0.6 is 0 Å². The van der Waals surface area contributed by atoms with Gasteiger partial charge in [0.25, 0.3) is 0 Å². The van der Waals surface area contributed by atoms with Crippen LogP contribution in [0.2, 0.25) is 0 Å². The highest BCUT2D eigenvalue weighted by atomic mass is 16.7. The van der Waals surface area contributed by atoms with Gasteiger partial charge in [-0.25, -0.2) is 0 Å². The lowest BCUT2D eigenvalue weighted by Crippen LogP contribution is -2.49. The first-order valence-electron chi connectivity index (χ1n) is 7.64. The summed E-state index contributed by atoms with van der Waals surface area (Å²) < 4.78 is 11.0. The van der Waals surface area contributed by atoms with Crippen molar-refractivity contribution in [2.24, 2.45) is 5.18 Å². The van der Waals surface area contributed by atoms with Gasteiger partial charge in [0.2, 0.25) is 6.79 Å². The molecule has 114 valence electrons. The molecule has 3 aliphatic heterocycles. The van der Waals surface area contributed by atoms with Gasteiger partial charge < -0.3 is 14.6 Å². The minimum absolute atomic E-state index is 0.103. The number of hydrogen-bond acceptors (Lipinski definition) is 6. The van der Waals surface area contributed by atoms with Gasteiger partial charge in [0.05, 0.1) is 6.10 Å². The molecule has 1 aromatic carbocycles. The summed E-state index contributed by atoms with van der Waals surface area (Å²) in [6.45, 7) is 2.03. The number of nitrogens with zero attached hydrogens (tertiary/aromatic N) is 2. The van der Waals surface area contributed by atoms with E-state index in [1.165, 1.54) is 5.57 Å². The zero-order valence-corrected chi connectivity index (χ0v) is 11.9. The van der Waals surface area contributed by atoms with Crippen LogP contribution in [0.4, 0.5) is 0 Å². The highest BCUT2D eigenvalue weighted by Crippen LogP contribution is 2.50. The van der Waals surface area contributed by atoms with E-state index in [1.54, 1.807) is 0 Å². The summed E-state index contributed by atoms with van der Waals surface area (Å²) in [6.07, 6.45) is 1.99. The number of aliphatic hydroxyl groups excluding tert-OH is 1. The van der Waals surface area contributed by atoms with Crippen molar-refractivity contribution in [1.29, 1.82) is 0 Å². The Morgan fingerprint density at radius 2 is 2.09 bits per heavy atom. The summed E-state index contributed by atoms with van der Waals surface area (Å²) in [5.41, 5.74) is 3.46. The van der Waals surface area contributed by atoms with E-state index in [9.17, 15) is 10.0 Å². The molecule has 1 aromatic rings. The SMILES string of the molecule is O=N[C@@H]1[C@@H](O)C=C2CCN3Cc4cc5c(cc4[C@H]1C23)OCO5. The predicted octanol–water partition coefficient (Wildman–Crippen LogP) is 1.52. The minimum atomic E-state index is -0.801. The molecule has 1 fully saturated rings. The summed E-state index contributed by atoms with van der Waals surface area (Å²) in [5, 5.41) is 13.6. The molecule has 0 amide bonds. The van der Waals surface area contributed by atoms with Crippen molar-refractivity contribution in [2.45, 2.75) is 37.1 Å². The lowest BCUT2D eigenvalue weighted by atomic mass is 9.72. The van der Waals surface area contributed by atoms with Crippen molar-refractivity contribution in [3.8, 4) is 11.5 Å². The van der Waals surface area contributed by atoms with Gasteiger partial charge in [-0.2, -0.15) is 4.91 Å². The van der Waals surface area contributed by atoms with Gasteiger partial charge >= 0.3 is 0 Å². The molecule has 0 saturated carbocycles. The second kappa shape index (κ2) is 4.30. The average Bonchev–Trinajstić information content (AvgIpc) is 3.12. The van der Waals surface area contributed by atoms with E-state index in [1.807, 2.05) is 18.2 Å². The number of benzene rings is 1. The summed E-state index contributed by atoms with van der Waals surface area (Å²) in [7, 11) is 0. The maximum atomic E-state index is 11.4. The molecular weight excluding hydrogens is 284 g/mol. The van der Waals surface area contributed by atoms with Gasteiger partial charge in [0, 0.05) is 25.0 Å². The number of aliphatic hydroxyl groups is 1. The molecule has 0 spiro atoms. The minimum Gasteiger partial charge on any atom is -0.454 e. The molecule has 5 rings (SSSR count). The molecule has 1 N–H and O–H groups in total. The molecule has 6 nitrogen and oxygen atoms in total. The Morgan fingerprint density at radius 1 is 1.27 bits per heavy atom. The van der Waals surface area contributed by atoms with Crippen LogP contribution in [0.25, 0.3) is 0 Å². The van der Waals surface area contributed by atoms with Crippen LogP contribution in [-0.4, -0.2) is 41.5 Å². The normalized spacial score (nSPS) is 34.9. The molecular formula is C16H16N2O4. The summed E-state index contributed by atoms with van der Waals surface area (Å²) in [5.74, 6) is 1.38. The second-order valence-electron chi connectivity index (χ2n) is 6.42. The van der Waals surface area contributed by atoms with Gasteiger partial charge in [-0.3, -0.25) is 4.90 Å². The molecule has 22 heavy (non-hydrogen) atoms. The van der Waals surface area contributed by atoms with Crippen LogP contribution in [0.15, 0.2) is 29.0 Å². The number of rotatable bonds is 1. The maximum Gasteiger partial charge on any atom is 0.231 e. The van der Waals surface area contributed by atoms with E-state index in [-0.39, 0.29) is 18.8 Å². The Morgan fingerprint density at radius 3 is 2.91 bits per heavy atom. The number of hydrogen-bond donors (Lipinski definition) is 1. The smallest absolute Gasteiger partial charge is 0.231 e. The molecule has 1 saturated heterocycles. The van der Waals surface area contributed by atoms with Crippen LogP contribution in [0.5, 0.6) is 11.5 Å². The first-order chi connectivity index (χ1) is 10.8. The third-order valence-electron chi connectivity index (χ3n) is 5.39. The number of nitroso groups, excluding NO2 is 1. The van der Waals surface area contributed by atoms with Crippen LogP contribution in [0, 0.1) is 4.91 Å². The highest BCUT2D eigenvalue weighted by Gasteiger charge is 2.50. The molecule has 6 heteroatoms. The fraction of sp³-hybridized carbons (Fsp3) is 0.500. The Kier molecular flexibility index (Phi) is 2.46. The van der Waals surface area contributed by atoms with E-state index in [2.05, 4.69) is 10.1 Å². The topological polar surface area (TPSA) is 71.4 Å². The Labute approximate surface area is 127 Å². The standard InChI is InChI=1S/C16H16N2O4/c19-11-3-8-1-2-18-6-9-4-12-13(22-7-21-12)5-10(9)14(16(8)18)15(11)17-20/h3-5,11,14-16,19H,1-2,6-7H2/t11-,14+,15+,16?/m0/s1. The molecule has 1 unspecified atom stereocenters. The largest absolute Gasteiger partial charge is 0.454 e. The lowest BCUT2D eigenvalue weighted by molar-refractivity contribution is 0.120. The first kappa shape index (κ1) is 12.6. The van der Waals surface area contributed by atoms with E-state index < -0.39 is 12.1 Å². The Hall–Kier alpha value is -1.92. The average molecular weight is 300 g/mol. The van der Waals surface area contributed by atoms with Crippen LogP contribution < -0.4 is 9.47 Å². The van der Waals surface area contributed by atoms with Crippen molar-refractivity contribution >= 4 is 0 Å². The predicted molar refractivity (Wildman–Crippen MR) is 77.8 cm³/mol. The molecule has 3 heterocycles. The van der Waals surface area contributed by atoms with E-state index in [0.717, 1.165) is 42.1 Å². The monoisotopic (exact) mass is 300 g/mol. The fourth-order valence-corrected chi connectivity index (χ4v) is 4.48. The molecule has 4 atom stereocenters. The molecule has 0 radical (unpaired) electrons. The van der Waals surface area contributed by atoms with Gasteiger partial charge in [0.1, 0.15) is 6.04 Å². The van der Waals surface area contributed by atoms with E-state index >= 15 is 0 Å². The molecule has 0 aromatic heterocycles. The second-order valence-corrected chi connectivity index (χ2v) is 6.42. The Balaban J connectivity index is 1.71. The highest BCUT2D eigenvalue weighted by molar-refractivity contribution is 5.53. The van der Waals surface area contributed by atoms with Gasteiger partial charge in [0.15, 0.2) is 11.5 Å². The van der Waals surface area contributed by atoms with Crippen LogP contribution in [0.3, 0.4) is 0 Å². The van der Waals surface area contributed by atoms with Gasteiger partial charge in [-0.1, -0.05) is 16.8 Å². The van der Waals surface area contributed by atoms with Crippen molar-refractivity contribution < 1.29 is 14.6 Å². The number of ether oxygens (including phenoxy) is 2. The quantitative estimate of drug-likeness (QED) is 0.629. The summed E-state index contributed by atoms with van der Waals surface area (Å²) in [4.78, 5) is 13.8. The lowest BCUT2D eigenvalue weighted by Gasteiger charge is -2.43. The van der Waals surface area contributed by atoms with E-state index in [4.69, 9.17) is 9.47 Å². The maximum absolute atomic E-state index is 11.4. The van der Waals surface area contributed by atoms with Crippen LogP contribution in [-0.2, 0) is 6.54 Å². The Bertz CT molecular complexity index is 702. The number of fused-ring (bicyclic) bond motifs is 3. The zero-order chi connectivity index (χ0) is 14.8. The van der Waals surface area contributed by atoms with Crippen molar-refractivity contribution in [2.75, 3.05) is 13.3 Å².